The van der Waals surface area contributed by atoms with E-state index in [0.717, 1.165) is 49.4 Å². The highest BCUT2D eigenvalue weighted by molar-refractivity contribution is 6.28. The summed E-state index contributed by atoms with van der Waals surface area (Å²) in [6.45, 7) is 2.08. The van der Waals surface area contributed by atoms with E-state index in [1.54, 1.807) is 18.9 Å². The van der Waals surface area contributed by atoms with Crippen molar-refractivity contribution in [3.05, 3.63) is 29.8 Å². The number of piperidine rings is 1. The van der Waals surface area contributed by atoms with E-state index in [1.165, 1.54) is 0 Å². The quantitative estimate of drug-likeness (QED) is 0.580. The molecular weight excluding hydrogens is 356 g/mol. The van der Waals surface area contributed by atoms with E-state index in [-0.39, 0.29) is 17.1 Å². The van der Waals surface area contributed by atoms with Gasteiger partial charge in [-0.2, -0.15) is 9.97 Å². The Morgan fingerprint density at radius 3 is 2.88 bits per heavy atom. The molecule has 3 aromatic rings. The molecule has 1 amide bonds. The van der Waals surface area contributed by atoms with Crippen LogP contribution in [-0.2, 0) is 11.2 Å². The van der Waals surface area contributed by atoms with E-state index in [0.29, 0.717) is 12.2 Å². The van der Waals surface area contributed by atoms with Crippen LogP contribution in [0.25, 0.3) is 11.2 Å². The van der Waals surface area contributed by atoms with Gasteiger partial charge in [-0.05, 0) is 24.4 Å². The number of amides is 1. The van der Waals surface area contributed by atoms with Gasteiger partial charge in [0.1, 0.15) is 5.52 Å². The highest BCUT2D eigenvalue weighted by Gasteiger charge is 2.27. The molecule has 26 heavy (non-hydrogen) atoms. The molecule has 1 saturated heterocycles. The number of fused-ring (bicyclic) bond motifs is 1. The van der Waals surface area contributed by atoms with Crippen molar-refractivity contribution in [2.24, 2.45) is 5.92 Å². The van der Waals surface area contributed by atoms with Crippen molar-refractivity contribution in [1.29, 1.82) is 0 Å². The first kappa shape index (κ1) is 16.8. The van der Waals surface area contributed by atoms with Crippen molar-refractivity contribution < 1.29 is 4.79 Å². The van der Waals surface area contributed by atoms with Crippen LogP contribution in [0.2, 0.25) is 5.28 Å². The van der Waals surface area contributed by atoms with Crippen molar-refractivity contribution in [3.63, 3.8) is 0 Å². The smallest absolute Gasteiger partial charge is 0.226 e. The van der Waals surface area contributed by atoms with Gasteiger partial charge in [-0.15, -0.1) is 0 Å². The van der Waals surface area contributed by atoms with Gasteiger partial charge in [0.25, 0.3) is 0 Å². The van der Waals surface area contributed by atoms with Crippen molar-refractivity contribution in [3.8, 4) is 0 Å². The Bertz CT molecular complexity index is 885. The molecule has 1 aliphatic heterocycles. The Morgan fingerprint density at radius 2 is 2.12 bits per heavy atom. The fraction of sp³-hybridized carbons (Fsp3) is 0.438. The monoisotopic (exact) mass is 374 g/mol. The second-order valence-corrected chi connectivity index (χ2v) is 6.63. The normalized spacial score (nSPS) is 15.5. The summed E-state index contributed by atoms with van der Waals surface area (Å²) in [5, 5.41) is 3.19. The molecule has 0 aromatic carbocycles. The number of aromatic nitrogens is 6. The van der Waals surface area contributed by atoms with E-state index in [2.05, 4.69) is 40.1 Å². The van der Waals surface area contributed by atoms with Crippen molar-refractivity contribution in [1.82, 2.24) is 35.2 Å². The summed E-state index contributed by atoms with van der Waals surface area (Å²) in [4.78, 5) is 37.2. The molecular formula is C16H19ClN8O. The third-order valence-corrected chi connectivity index (χ3v) is 4.82. The average molecular weight is 375 g/mol. The molecule has 3 aromatic heterocycles. The number of halogens is 1. The number of imidazole rings is 2. The lowest BCUT2D eigenvalue weighted by molar-refractivity contribution is -0.125. The Hall–Kier alpha value is -2.68. The van der Waals surface area contributed by atoms with Crippen LogP contribution in [0.4, 0.5) is 5.82 Å². The SMILES string of the molecule is O=C(NCCc1cnc[nH]1)C1CCN(c2nc(Cl)nc3nc[nH]c23)CC1. The van der Waals surface area contributed by atoms with Crippen LogP contribution in [0.5, 0.6) is 0 Å². The number of aromatic amines is 2. The van der Waals surface area contributed by atoms with Crippen LogP contribution in [0.3, 0.4) is 0 Å². The molecule has 1 fully saturated rings. The number of nitrogens with zero attached hydrogens (tertiary/aromatic N) is 5. The van der Waals surface area contributed by atoms with Crippen molar-refractivity contribution >= 4 is 34.5 Å². The molecule has 136 valence electrons. The zero-order chi connectivity index (χ0) is 17.9. The topological polar surface area (TPSA) is 115 Å². The lowest BCUT2D eigenvalue weighted by atomic mass is 9.96. The van der Waals surface area contributed by atoms with Gasteiger partial charge in [0.2, 0.25) is 11.2 Å². The van der Waals surface area contributed by atoms with Crippen LogP contribution in [0, 0.1) is 5.92 Å². The van der Waals surface area contributed by atoms with E-state index in [4.69, 9.17) is 11.6 Å². The maximum absolute atomic E-state index is 12.4. The second kappa shape index (κ2) is 7.28. The number of carbonyl (C=O) groups is 1. The van der Waals surface area contributed by atoms with Crippen LogP contribution in [0.1, 0.15) is 18.5 Å². The Balaban J connectivity index is 1.33. The molecule has 9 nitrogen and oxygen atoms in total. The highest BCUT2D eigenvalue weighted by atomic mass is 35.5. The lowest BCUT2D eigenvalue weighted by Crippen LogP contribution is -2.41. The van der Waals surface area contributed by atoms with Crippen LogP contribution >= 0.6 is 11.6 Å². The Morgan fingerprint density at radius 1 is 1.27 bits per heavy atom. The summed E-state index contributed by atoms with van der Waals surface area (Å²) in [6, 6.07) is 0. The minimum atomic E-state index is 0.0163. The van der Waals surface area contributed by atoms with E-state index in [9.17, 15) is 4.79 Å². The molecule has 0 radical (unpaired) electrons. The van der Waals surface area contributed by atoms with E-state index >= 15 is 0 Å². The molecule has 10 heteroatoms. The van der Waals surface area contributed by atoms with Crippen molar-refractivity contribution in [2.45, 2.75) is 19.3 Å². The van der Waals surface area contributed by atoms with Crippen molar-refractivity contribution in [2.75, 3.05) is 24.5 Å². The number of anilines is 1. The number of hydrogen-bond acceptors (Lipinski definition) is 6. The predicted octanol–water partition coefficient (Wildman–Crippen LogP) is 1.30. The van der Waals surface area contributed by atoms with Gasteiger partial charge in [-0.1, -0.05) is 0 Å². The van der Waals surface area contributed by atoms with E-state index in [1.807, 2.05) is 0 Å². The standard InChI is InChI=1S/C16H19ClN8O/c17-16-23-13-12(21-9-22-13)14(24-16)25-5-2-10(3-6-25)15(26)19-4-1-11-7-18-8-20-11/h7-10H,1-6H2,(H,18,20)(H,19,26)(H,21,22,23,24). The largest absolute Gasteiger partial charge is 0.355 e. The first-order chi connectivity index (χ1) is 12.7. The summed E-state index contributed by atoms with van der Waals surface area (Å²) < 4.78 is 0. The molecule has 0 bridgehead atoms. The average Bonchev–Trinajstić information content (AvgIpc) is 3.32. The molecule has 0 spiro atoms. The minimum absolute atomic E-state index is 0.0163. The summed E-state index contributed by atoms with van der Waals surface area (Å²) in [7, 11) is 0. The Labute approximate surface area is 154 Å². The van der Waals surface area contributed by atoms with Crippen LogP contribution < -0.4 is 10.2 Å². The summed E-state index contributed by atoms with van der Waals surface area (Å²) in [5.41, 5.74) is 2.35. The summed E-state index contributed by atoms with van der Waals surface area (Å²) >= 11 is 6.00. The molecule has 4 heterocycles. The molecule has 0 aliphatic carbocycles. The second-order valence-electron chi connectivity index (χ2n) is 6.30. The first-order valence-corrected chi connectivity index (χ1v) is 8.95. The number of nitrogens with one attached hydrogen (secondary N) is 3. The van der Waals surface area contributed by atoms with E-state index < -0.39 is 0 Å². The summed E-state index contributed by atoms with van der Waals surface area (Å²) in [5.74, 6) is 0.870. The van der Waals surface area contributed by atoms with Gasteiger partial charge in [0, 0.05) is 43.9 Å². The fourth-order valence-electron chi connectivity index (χ4n) is 3.26. The minimum Gasteiger partial charge on any atom is -0.355 e. The molecule has 3 N–H and O–H groups in total. The van der Waals surface area contributed by atoms with Crippen LogP contribution in [0.15, 0.2) is 18.9 Å². The zero-order valence-electron chi connectivity index (χ0n) is 14.1. The zero-order valence-corrected chi connectivity index (χ0v) is 14.8. The maximum Gasteiger partial charge on any atom is 0.226 e. The number of rotatable bonds is 5. The molecule has 0 saturated carbocycles. The van der Waals surface area contributed by atoms with Gasteiger partial charge in [-0.25, -0.2) is 9.97 Å². The number of hydrogen-bond donors (Lipinski definition) is 3. The number of carbonyl (C=O) groups excluding carboxylic acids is 1. The molecule has 4 rings (SSSR count). The van der Waals surface area contributed by atoms with Gasteiger partial charge in [0.05, 0.1) is 12.7 Å². The Kier molecular flexibility index (Phi) is 4.70. The third-order valence-electron chi connectivity index (χ3n) is 4.65. The van der Waals surface area contributed by atoms with Gasteiger partial charge in [0.15, 0.2) is 11.5 Å². The molecule has 0 unspecified atom stereocenters. The van der Waals surface area contributed by atoms with Gasteiger partial charge in [-0.3, -0.25) is 4.79 Å². The summed E-state index contributed by atoms with van der Waals surface area (Å²) in [6.07, 6.45) is 7.29. The predicted molar refractivity (Wildman–Crippen MR) is 96.9 cm³/mol. The molecule has 0 atom stereocenters. The first-order valence-electron chi connectivity index (χ1n) is 8.57. The van der Waals surface area contributed by atoms with Gasteiger partial charge >= 0.3 is 0 Å². The van der Waals surface area contributed by atoms with Gasteiger partial charge < -0.3 is 20.2 Å². The lowest BCUT2D eigenvalue weighted by Gasteiger charge is -2.32. The fourth-order valence-corrected chi connectivity index (χ4v) is 3.42. The maximum atomic E-state index is 12.4. The highest BCUT2D eigenvalue weighted by Crippen LogP contribution is 2.27. The number of H-pyrrole nitrogens is 2. The van der Waals surface area contributed by atoms with Crippen LogP contribution in [-0.4, -0.2) is 55.4 Å². The third kappa shape index (κ3) is 3.48. The molecule has 1 aliphatic rings.